The van der Waals surface area contributed by atoms with E-state index in [9.17, 15) is 13.2 Å². The SMILES string of the molecule is CCC1(C(F)(F)F)C=Cc2ccc(Cc3ccc(C)cc3C)cc2O1. The quantitative estimate of drug-likeness (QED) is 0.661. The number of fused-ring (bicyclic) bond motifs is 1. The van der Waals surface area contributed by atoms with Crippen LogP contribution in [0.3, 0.4) is 0 Å². The van der Waals surface area contributed by atoms with Crippen molar-refractivity contribution in [3.05, 3.63) is 70.3 Å². The number of benzene rings is 2. The van der Waals surface area contributed by atoms with E-state index in [0.717, 1.165) is 17.2 Å². The van der Waals surface area contributed by atoms with Gasteiger partial charge in [-0.1, -0.05) is 48.9 Å². The molecule has 2 aromatic rings. The molecule has 3 rings (SSSR count). The Morgan fingerprint density at radius 1 is 1.04 bits per heavy atom. The van der Waals surface area contributed by atoms with Gasteiger partial charge in [0.15, 0.2) is 0 Å². The number of halogens is 3. The predicted octanol–water partition coefficient (Wildman–Crippen LogP) is 6.01. The molecular formula is C21H21F3O. The van der Waals surface area contributed by atoms with Gasteiger partial charge < -0.3 is 4.74 Å². The average Bonchev–Trinajstić information content (AvgIpc) is 2.55. The Hall–Kier alpha value is -2.23. The lowest BCUT2D eigenvalue weighted by atomic mass is 9.93. The minimum atomic E-state index is -4.44. The van der Waals surface area contributed by atoms with Gasteiger partial charge in [-0.25, -0.2) is 0 Å². The minimum Gasteiger partial charge on any atom is -0.473 e. The van der Waals surface area contributed by atoms with E-state index >= 15 is 0 Å². The van der Waals surface area contributed by atoms with Crippen molar-refractivity contribution in [2.24, 2.45) is 0 Å². The second-order valence-electron chi connectivity index (χ2n) is 6.66. The smallest absolute Gasteiger partial charge is 0.432 e. The number of alkyl halides is 3. The highest BCUT2D eigenvalue weighted by Crippen LogP contribution is 2.43. The van der Waals surface area contributed by atoms with E-state index in [-0.39, 0.29) is 6.42 Å². The summed E-state index contributed by atoms with van der Waals surface area (Å²) in [6, 6.07) is 11.7. The van der Waals surface area contributed by atoms with Gasteiger partial charge in [0.1, 0.15) is 5.75 Å². The van der Waals surface area contributed by atoms with E-state index in [1.807, 2.05) is 32.0 Å². The summed E-state index contributed by atoms with van der Waals surface area (Å²) in [5.74, 6) is 0.295. The number of hydrogen-bond acceptors (Lipinski definition) is 1. The second-order valence-corrected chi connectivity index (χ2v) is 6.66. The first kappa shape index (κ1) is 17.6. The third kappa shape index (κ3) is 3.30. The van der Waals surface area contributed by atoms with Gasteiger partial charge in [-0.2, -0.15) is 13.2 Å². The number of ether oxygens (including phenoxy) is 1. The molecule has 0 saturated heterocycles. The van der Waals surface area contributed by atoms with Crippen molar-refractivity contribution in [3.8, 4) is 5.75 Å². The zero-order valence-corrected chi connectivity index (χ0v) is 14.6. The predicted molar refractivity (Wildman–Crippen MR) is 93.9 cm³/mol. The Morgan fingerprint density at radius 2 is 1.80 bits per heavy atom. The van der Waals surface area contributed by atoms with Crippen LogP contribution in [0.25, 0.3) is 6.08 Å². The molecule has 1 nitrogen and oxygen atoms in total. The molecule has 0 amide bonds. The fraction of sp³-hybridized carbons (Fsp3) is 0.333. The molecule has 1 unspecified atom stereocenters. The third-order valence-corrected chi connectivity index (χ3v) is 4.80. The number of rotatable bonds is 3. The summed E-state index contributed by atoms with van der Waals surface area (Å²) < 4.78 is 45.8. The van der Waals surface area contributed by atoms with E-state index in [1.54, 1.807) is 6.07 Å². The summed E-state index contributed by atoms with van der Waals surface area (Å²) in [4.78, 5) is 0. The van der Waals surface area contributed by atoms with Gasteiger partial charge in [0.25, 0.3) is 0 Å². The van der Waals surface area contributed by atoms with Crippen molar-refractivity contribution >= 4 is 6.08 Å². The van der Waals surface area contributed by atoms with Crippen LogP contribution in [0.5, 0.6) is 5.75 Å². The average molecular weight is 346 g/mol. The highest BCUT2D eigenvalue weighted by atomic mass is 19.4. The molecule has 2 aromatic carbocycles. The molecule has 1 aliphatic heterocycles. The molecule has 1 heterocycles. The lowest BCUT2D eigenvalue weighted by Crippen LogP contribution is -2.49. The first-order chi connectivity index (χ1) is 11.7. The Morgan fingerprint density at radius 3 is 2.44 bits per heavy atom. The zero-order chi connectivity index (χ0) is 18.2. The second kappa shape index (κ2) is 6.25. The topological polar surface area (TPSA) is 9.23 Å². The van der Waals surface area contributed by atoms with Gasteiger partial charge in [-0.3, -0.25) is 0 Å². The molecule has 132 valence electrons. The molecular weight excluding hydrogens is 325 g/mol. The molecule has 0 aromatic heterocycles. The Balaban J connectivity index is 1.92. The fourth-order valence-electron chi connectivity index (χ4n) is 3.18. The van der Waals surface area contributed by atoms with E-state index in [0.29, 0.717) is 17.7 Å². The van der Waals surface area contributed by atoms with E-state index < -0.39 is 11.8 Å². The molecule has 4 heteroatoms. The monoisotopic (exact) mass is 346 g/mol. The number of hydrogen-bond donors (Lipinski definition) is 0. The fourth-order valence-corrected chi connectivity index (χ4v) is 3.18. The van der Waals surface area contributed by atoms with Crippen LogP contribution < -0.4 is 4.74 Å². The van der Waals surface area contributed by atoms with Crippen LogP contribution in [0.15, 0.2) is 42.5 Å². The summed E-state index contributed by atoms with van der Waals surface area (Å²) in [7, 11) is 0. The van der Waals surface area contributed by atoms with Gasteiger partial charge in [-0.15, -0.1) is 0 Å². The van der Waals surface area contributed by atoms with E-state index in [4.69, 9.17) is 4.74 Å². The first-order valence-corrected chi connectivity index (χ1v) is 8.38. The normalized spacial score (nSPS) is 19.4. The first-order valence-electron chi connectivity index (χ1n) is 8.38. The van der Waals surface area contributed by atoms with Crippen molar-refractivity contribution in [2.75, 3.05) is 0 Å². The standard InChI is InChI=1S/C21H21F3O/c1-4-20(21(22,23)24)10-9-17-8-6-16(13-19(17)25-20)12-18-7-5-14(2)11-15(18)3/h5-11,13H,4,12H2,1-3H3. The molecule has 1 aliphatic rings. The van der Waals surface area contributed by atoms with Crippen LogP contribution >= 0.6 is 0 Å². The minimum absolute atomic E-state index is 0.159. The molecule has 0 N–H and O–H groups in total. The lowest BCUT2D eigenvalue weighted by Gasteiger charge is -2.35. The molecule has 0 bridgehead atoms. The summed E-state index contributed by atoms with van der Waals surface area (Å²) >= 11 is 0. The van der Waals surface area contributed by atoms with Gasteiger partial charge in [0.05, 0.1) is 0 Å². The maximum atomic E-state index is 13.5. The summed E-state index contributed by atoms with van der Waals surface area (Å²) in [5.41, 5.74) is 2.91. The Kier molecular flexibility index (Phi) is 4.40. The van der Waals surface area contributed by atoms with Gasteiger partial charge in [-0.05, 0) is 55.5 Å². The summed E-state index contributed by atoms with van der Waals surface area (Å²) in [6.45, 7) is 5.57. The van der Waals surface area contributed by atoms with Gasteiger partial charge in [0.2, 0.25) is 5.60 Å². The molecule has 0 spiro atoms. The summed E-state index contributed by atoms with van der Waals surface area (Å²) in [5, 5.41) is 0. The van der Waals surface area contributed by atoms with Crippen LogP contribution in [0.4, 0.5) is 13.2 Å². The van der Waals surface area contributed by atoms with Crippen molar-refractivity contribution < 1.29 is 17.9 Å². The van der Waals surface area contributed by atoms with Crippen LogP contribution in [0, 0.1) is 13.8 Å². The molecule has 0 aliphatic carbocycles. The Bertz CT molecular complexity index is 820. The maximum absolute atomic E-state index is 13.5. The lowest BCUT2D eigenvalue weighted by molar-refractivity contribution is -0.230. The van der Waals surface area contributed by atoms with Gasteiger partial charge in [0, 0.05) is 5.56 Å². The zero-order valence-electron chi connectivity index (χ0n) is 14.6. The highest BCUT2D eigenvalue weighted by molar-refractivity contribution is 5.62. The van der Waals surface area contributed by atoms with Crippen LogP contribution in [-0.4, -0.2) is 11.8 Å². The molecule has 0 radical (unpaired) electrons. The van der Waals surface area contributed by atoms with Crippen LogP contribution in [0.1, 0.15) is 41.2 Å². The van der Waals surface area contributed by atoms with E-state index in [1.165, 1.54) is 24.1 Å². The van der Waals surface area contributed by atoms with Gasteiger partial charge >= 0.3 is 6.18 Å². The molecule has 0 saturated carbocycles. The van der Waals surface area contributed by atoms with Crippen molar-refractivity contribution in [1.82, 2.24) is 0 Å². The van der Waals surface area contributed by atoms with Crippen molar-refractivity contribution in [1.29, 1.82) is 0 Å². The number of aryl methyl sites for hydroxylation is 2. The largest absolute Gasteiger partial charge is 0.473 e. The molecule has 25 heavy (non-hydrogen) atoms. The summed E-state index contributed by atoms with van der Waals surface area (Å²) in [6.07, 6.45) is -1.30. The molecule has 0 fully saturated rings. The Labute approximate surface area is 146 Å². The van der Waals surface area contributed by atoms with E-state index in [2.05, 4.69) is 12.1 Å². The van der Waals surface area contributed by atoms with Crippen molar-refractivity contribution in [2.45, 2.75) is 45.4 Å². The van der Waals surface area contributed by atoms with Crippen LogP contribution in [-0.2, 0) is 6.42 Å². The highest BCUT2D eigenvalue weighted by Gasteiger charge is 2.55. The van der Waals surface area contributed by atoms with Crippen LogP contribution in [0.2, 0.25) is 0 Å². The maximum Gasteiger partial charge on any atom is 0.432 e. The molecule has 1 atom stereocenters. The third-order valence-electron chi connectivity index (χ3n) is 4.80. The van der Waals surface area contributed by atoms with Crippen molar-refractivity contribution in [3.63, 3.8) is 0 Å².